The van der Waals surface area contributed by atoms with Gasteiger partial charge in [0.1, 0.15) is 6.10 Å². The predicted molar refractivity (Wildman–Crippen MR) is 55.9 cm³/mol. The lowest BCUT2D eigenvalue weighted by atomic mass is 10.2. The highest BCUT2D eigenvalue weighted by molar-refractivity contribution is 4.86. The van der Waals surface area contributed by atoms with Crippen molar-refractivity contribution in [2.24, 2.45) is 0 Å². The molecule has 0 aromatic rings. The number of nitriles is 1. The maximum absolute atomic E-state index is 8.83. The largest absolute Gasteiger partial charge is 0.376 e. The third-order valence-corrected chi connectivity index (χ3v) is 1.63. The Hall–Kier alpha value is -0.590. The van der Waals surface area contributed by atoms with Gasteiger partial charge in [0.2, 0.25) is 0 Å². The molecular weight excluding hydrogens is 178 g/mol. The topological polar surface area (TPSA) is 42.2 Å². The van der Waals surface area contributed by atoms with Crippen LogP contribution in [0.2, 0.25) is 0 Å². The molecule has 0 saturated carbocycles. The first-order chi connectivity index (χ1) is 6.45. The number of hydrogen-bond acceptors (Lipinski definition) is 3. The van der Waals surface area contributed by atoms with E-state index in [0.29, 0.717) is 6.42 Å². The summed E-state index contributed by atoms with van der Waals surface area (Å²) >= 11 is 0. The molecule has 3 nitrogen and oxygen atoms in total. The molecule has 2 unspecified atom stereocenters. The van der Waals surface area contributed by atoms with Crippen LogP contribution in [0.5, 0.6) is 0 Å². The molecule has 14 heavy (non-hydrogen) atoms. The Morgan fingerprint density at radius 1 is 1.00 bits per heavy atom. The zero-order valence-corrected chi connectivity index (χ0v) is 9.78. The van der Waals surface area contributed by atoms with Crippen LogP contribution in [0.4, 0.5) is 0 Å². The van der Waals surface area contributed by atoms with Gasteiger partial charge in [-0.15, -0.1) is 0 Å². The van der Waals surface area contributed by atoms with Crippen LogP contribution in [-0.2, 0) is 9.47 Å². The number of rotatable bonds is 6. The van der Waals surface area contributed by atoms with E-state index in [2.05, 4.69) is 6.07 Å². The van der Waals surface area contributed by atoms with Crippen molar-refractivity contribution in [3.8, 4) is 6.07 Å². The highest BCUT2D eigenvalue weighted by Crippen LogP contribution is 2.09. The minimum atomic E-state index is -0.358. The third-order valence-electron chi connectivity index (χ3n) is 1.63. The third kappa shape index (κ3) is 6.88. The maximum atomic E-state index is 8.83. The molecule has 0 heterocycles. The minimum Gasteiger partial charge on any atom is -0.376 e. The van der Waals surface area contributed by atoms with E-state index in [9.17, 15) is 0 Å². The summed E-state index contributed by atoms with van der Waals surface area (Å²) in [4.78, 5) is 0. The van der Waals surface area contributed by atoms with E-state index in [4.69, 9.17) is 14.7 Å². The Balaban J connectivity index is 3.87. The smallest absolute Gasteiger partial charge is 0.146 e. The molecule has 2 atom stereocenters. The molecule has 0 aromatic carbocycles. The molecular formula is C11H21NO2. The fourth-order valence-electron chi connectivity index (χ4n) is 1.29. The SMILES string of the molecule is CC(C)OC(C)CC(C#N)OC(C)C. The monoisotopic (exact) mass is 199 g/mol. The summed E-state index contributed by atoms with van der Waals surface area (Å²) in [6.07, 6.45) is 0.629. The molecule has 0 radical (unpaired) electrons. The van der Waals surface area contributed by atoms with Crippen LogP contribution < -0.4 is 0 Å². The van der Waals surface area contributed by atoms with Crippen LogP contribution in [0, 0.1) is 11.3 Å². The molecule has 0 amide bonds. The van der Waals surface area contributed by atoms with Crippen molar-refractivity contribution in [3.05, 3.63) is 0 Å². The number of hydrogen-bond donors (Lipinski definition) is 0. The summed E-state index contributed by atoms with van der Waals surface area (Å²) in [5.74, 6) is 0. The highest BCUT2D eigenvalue weighted by atomic mass is 16.5. The van der Waals surface area contributed by atoms with Gasteiger partial charge in [0, 0.05) is 6.42 Å². The second-order valence-corrected chi connectivity index (χ2v) is 4.03. The van der Waals surface area contributed by atoms with E-state index >= 15 is 0 Å². The van der Waals surface area contributed by atoms with Crippen LogP contribution in [0.15, 0.2) is 0 Å². The lowest BCUT2D eigenvalue weighted by molar-refractivity contribution is -0.0307. The van der Waals surface area contributed by atoms with E-state index in [1.807, 2.05) is 34.6 Å². The zero-order chi connectivity index (χ0) is 11.1. The summed E-state index contributed by atoms with van der Waals surface area (Å²) < 4.78 is 10.9. The average Bonchev–Trinajstić information content (AvgIpc) is 2.00. The standard InChI is InChI=1S/C11H21NO2/c1-8(2)13-10(5)6-11(7-12)14-9(3)4/h8-11H,6H2,1-5H3. The molecule has 0 bridgehead atoms. The Morgan fingerprint density at radius 3 is 1.86 bits per heavy atom. The van der Waals surface area contributed by atoms with Crippen LogP contribution in [0.3, 0.4) is 0 Å². The zero-order valence-electron chi connectivity index (χ0n) is 9.78. The Bertz CT molecular complexity index is 184. The van der Waals surface area contributed by atoms with Gasteiger partial charge in [0.15, 0.2) is 0 Å². The van der Waals surface area contributed by atoms with Crippen molar-refractivity contribution < 1.29 is 9.47 Å². The fourth-order valence-corrected chi connectivity index (χ4v) is 1.29. The first-order valence-electron chi connectivity index (χ1n) is 5.16. The molecule has 0 aromatic heterocycles. The van der Waals surface area contributed by atoms with Gasteiger partial charge in [0.25, 0.3) is 0 Å². The van der Waals surface area contributed by atoms with Gasteiger partial charge >= 0.3 is 0 Å². The summed E-state index contributed by atoms with van der Waals surface area (Å²) in [6, 6.07) is 2.14. The molecule has 3 heteroatoms. The Morgan fingerprint density at radius 2 is 1.50 bits per heavy atom. The van der Waals surface area contributed by atoms with Crippen molar-refractivity contribution in [3.63, 3.8) is 0 Å². The van der Waals surface area contributed by atoms with Crippen molar-refractivity contribution in [1.82, 2.24) is 0 Å². The lowest BCUT2D eigenvalue weighted by Gasteiger charge is -2.20. The summed E-state index contributed by atoms with van der Waals surface area (Å²) in [5, 5.41) is 8.83. The molecule has 0 rings (SSSR count). The average molecular weight is 199 g/mol. The quantitative estimate of drug-likeness (QED) is 0.660. The first kappa shape index (κ1) is 13.4. The minimum absolute atomic E-state index is 0.0680. The van der Waals surface area contributed by atoms with Crippen molar-refractivity contribution in [2.45, 2.75) is 65.5 Å². The molecule has 0 N–H and O–H groups in total. The van der Waals surface area contributed by atoms with E-state index in [0.717, 1.165) is 0 Å². The van der Waals surface area contributed by atoms with Crippen LogP contribution >= 0.6 is 0 Å². The molecule has 82 valence electrons. The van der Waals surface area contributed by atoms with Crippen molar-refractivity contribution in [2.75, 3.05) is 0 Å². The van der Waals surface area contributed by atoms with Gasteiger partial charge in [-0.1, -0.05) is 0 Å². The van der Waals surface area contributed by atoms with E-state index in [1.165, 1.54) is 0 Å². The Labute approximate surface area is 87.0 Å². The molecule has 0 spiro atoms. The summed E-state index contributed by atoms with van der Waals surface area (Å²) in [7, 11) is 0. The van der Waals surface area contributed by atoms with Crippen molar-refractivity contribution >= 4 is 0 Å². The normalized spacial score (nSPS) is 15.6. The Kier molecular flexibility index (Phi) is 6.52. The molecule has 0 aliphatic carbocycles. The fraction of sp³-hybridized carbons (Fsp3) is 0.909. The molecule has 0 aliphatic heterocycles. The van der Waals surface area contributed by atoms with Gasteiger partial charge < -0.3 is 9.47 Å². The maximum Gasteiger partial charge on any atom is 0.146 e. The lowest BCUT2D eigenvalue weighted by Crippen LogP contribution is -2.24. The number of nitrogens with zero attached hydrogens (tertiary/aromatic N) is 1. The van der Waals surface area contributed by atoms with Crippen LogP contribution in [0.1, 0.15) is 41.0 Å². The van der Waals surface area contributed by atoms with Gasteiger partial charge in [-0.2, -0.15) is 5.26 Å². The van der Waals surface area contributed by atoms with E-state index < -0.39 is 0 Å². The van der Waals surface area contributed by atoms with E-state index in [1.54, 1.807) is 0 Å². The van der Waals surface area contributed by atoms with Gasteiger partial charge in [-0.05, 0) is 34.6 Å². The number of ether oxygens (including phenoxy) is 2. The second-order valence-electron chi connectivity index (χ2n) is 4.03. The van der Waals surface area contributed by atoms with Crippen LogP contribution in [0.25, 0.3) is 0 Å². The van der Waals surface area contributed by atoms with Gasteiger partial charge in [0.05, 0.1) is 24.4 Å². The molecule has 0 fully saturated rings. The van der Waals surface area contributed by atoms with Gasteiger partial charge in [-0.3, -0.25) is 0 Å². The molecule has 0 aliphatic rings. The van der Waals surface area contributed by atoms with Crippen molar-refractivity contribution in [1.29, 1.82) is 5.26 Å². The first-order valence-corrected chi connectivity index (χ1v) is 5.16. The van der Waals surface area contributed by atoms with Gasteiger partial charge in [-0.25, -0.2) is 0 Å². The molecule has 0 saturated heterocycles. The second kappa shape index (κ2) is 6.80. The van der Waals surface area contributed by atoms with E-state index in [-0.39, 0.29) is 24.4 Å². The summed E-state index contributed by atoms with van der Waals surface area (Å²) in [5.41, 5.74) is 0. The predicted octanol–water partition coefficient (Wildman–Crippen LogP) is 2.51. The van der Waals surface area contributed by atoms with Crippen LogP contribution in [-0.4, -0.2) is 24.4 Å². The summed E-state index contributed by atoms with van der Waals surface area (Å²) in [6.45, 7) is 9.80. The highest BCUT2D eigenvalue weighted by Gasteiger charge is 2.15.